The van der Waals surface area contributed by atoms with Crippen molar-refractivity contribution in [1.82, 2.24) is 0 Å². The van der Waals surface area contributed by atoms with Gasteiger partial charge in [0.1, 0.15) is 6.61 Å². The van der Waals surface area contributed by atoms with Crippen molar-refractivity contribution in [2.75, 3.05) is 0 Å². The predicted octanol–water partition coefficient (Wildman–Crippen LogP) is 5.81. The fourth-order valence-electron chi connectivity index (χ4n) is 2.91. The van der Waals surface area contributed by atoms with E-state index in [1.54, 1.807) is 45.0 Å². The van der Waals surface area contributed by atoms with Gasteiger partial charge in [0.15, 0.2) is 11.5 Å². The first-order valence-electron chi connectivity index (χ1n) is 11.5. The summed E-state index contributed by atoms with van der Waals surface area (Å²) in [5.41, 5.74) is 0.530. The number of rotatable bonds is 12. The molecule has 2 aromatic carbocycles. The van der Waals surface area contributed by atoms with Crippen molar-refractivity contribution in [3.8, 4) is 17.2 Å². The molecule has 0 radical (unpaired) electrons. The maximum atomic E-state index is 12.8. The van der Waals surface area contributed by atoms with E-state index in [0.717, 1.165) is 0 Å². The van der Waals surface area contributed by atoms with Gasteiger partial charge in [0, 0.05) is 29.8 Å². The Hall–Kier alpha value is -3.39. The molecule has 0 aliphatic heterocycles. The lowest BCUT2D eigenvalue weighted by molar-refractivity contribution is -0.138. The Balaban J connectivity index is 2.46. The second-order valence-electron chi connectivity index (χ2n) is 7.64. The fourth-order valence-corrected chi connectivity index (χ4v) is 3.10. The highest BCUT2D eigenvalue weighted by Gasteiger charge is 2.25. The standard InChI is InChI=1S/C26H29ClO8/c1-4-9-22(28)33-20-14-18(26(31)32-16-17-12-7-8-13-19(17)27)15-21(34-23(29)10-5-2)25(20)35-24(30)11-6-3/h7-8,12-15H,4-6,9-11,16H2,1-3H3. The van der Waals surface area contributed by atoms with Crippen LogP contribution in [0.5, 0.6) is 17.2 Å². The third-order valence-electron chi connectivity index (χ3n) is 4.60. The number of carbonyl (C=O) groups excluding carboxylic acids is 4. The number of ether oxygens (including phenoxy) is 4. The Bertz CT molecular complexity index is 1020. The monoisotopic (exact) mass is 504 g/mol. The third-order valence-corrected chi connectivity index (χ3v) is 4.97. The van der Waals surface area contributed by atoms with Crippen molar-refractivity contribution in [3.05, 3.63) is 52.5 Å². The van der Waals surface area contributed by atoms with Gasteiger partial charge in [-0.2, -0.15) is 0 Å². The summed E-state index contributed by atoms with van der Waals surface area (Å²) in [5, 5.41) is 0.432. The van der Waals surface area contributed by atoms with Crippen molar-refractivity contribution in [1.29, 1.82) is 0 Å². The number of halogens is 1. The number of benzene rings is 2. The molecule has 9 heteroatoms. The lowest BCUT2D eigenvalue weighted by Gasteiger charge is -2.16. The molecule has 188 valence electrons. The zero-order valence-electron chi connectivity index (χ0n) is 20.1. The van der Waals surface area contributed by atoms with Gasteiger partial charge in [-0.3, -0.25) is 14.4 Å². The highest BCUT2D eigenvalue weighted by molar-refractivity contribution is 6.31. The molecule has 8 nitrogen and oxygen atoms in total. The summed E-state index contributed by atoms with van der Waals surface area (Å²) in [7, 11) is 0. The van der Waals surface area contributed by atoms with Crippen LogP contribution in [-0.2, 0) is 25.7 Å². The van der Waals surface area contributed by atoms with Gasteiger partial charge in [-0.25, -0.2) is 4.79 Å². The van der Waals surface area contributed by atoms with E-state index in [1.165, 1.54) is 12.1 Å². The molecule has 2 aromatic rings. The highest BCUT2D eigenvalue weighted by atomic mass is 35.5. The zero-order chi connectivity index (χ0) is 25.8. The Labute approximate surface area is 209 Å². The van der Waals surface area contributed by atoms with Gasteiger partial charge in [0.2, 0.25) is 5.75 Å². The largest absolute Gasteiger partial charge is 0.457 e. The summed E-state index contributed by atoms with van der Waals surface area (Å²) in [5.74, 6) is -3.29. The summed E-state index contributed by atoms with van der Waals surface area (Å²) >= 11 is 6.12. The Morgan fingerprint density at radius 3 is 1.71 bits per heavy atom. The number of carbonyl (C=O) groups is 4. The second kappa shape index (κ2) is 14.1. The van der Waals surface area contributed by atoms with Crippen LogP contribution in [0.1, 0.15) is 75.2 Å². The van der Waals surface area contributed by atoms with Gasteiger partial charge in [0.25, 0.3) is 0 Å². The molecule has 0 amide bonds. The molecule has 0 fully saturated rings. The molecule has 2 rings (SSSR count). The molecule has 0 bridgehead atoms. The normalized spacial score (nSPS) is 10.4. The molecule has 0 N–H and O–H groups in total. The average Bonchev–Trinajstić information content (AvgIpc) is 2.80. The first-order chi connectivity index (χ1) is 16.8. The first kappa shape index (κ1) is 27.9. The number of esters is 4. The van der Waals surface area contributed by atoms with Crippen molar-refractivity contribution >= 4 is 35.5 Å². The van der Waals surface area contributed by atoms with Gasteiger partial charge in [0.05, 0.1) is 5.56 Å². The van der Waals surface area contributed by atoms with E-state index in [4.69, 9.17) is 30.5 Å². The van der Waals surface area contributed by atoms with Crippen molar-refractivity contribution in [3.63, 3.8) is 0 Å². The summed E-state index contributed by atoms with van der Waals surface area (Å²) < 4.78 is 21.5. The highest BCUT2D eigenvalue weighted by Crippen LogP contribution is 2.40. The minimum Gasteiger partial charge on any atom is -0.457 e. The van der Waals surface area contributed by atoms with Crippen LogP contribution >= 0.6 is 11.6 Å². The van der Waals surface area contributed by atoms with E-state index in [1.807, 2.05) is 0 Å². The van der Waals surface area contributed by atoms with Gasteiger partial charge in [-0.15, -0.1) is 0 Å². The van der Waals surface area contributed by atoms with E-state index in [0.29, 0.717) is 29.8 Å². The summed E-state index contributed by atoms with van der Waals surface area (Å²) in [4.78, 5) is 49.6. The van der Waals surface area contributed by atoms with Crippen molar-refractivity contribution < 1.29 is 38.1 Å². The van der Waals surface area contributed by atoms with Crippen LogP contribution in [0.2, 0.25) is 5.02 Å². The fraction of sp³-hybridized carbons (Fsp3) is 0.385. The molecule has 0 saturated heterocycles. The van der Waals surface area contributed by atoms with Gasteiger partial charge in [-0.05, 0) is 37.5 Å². The maximum absolute atomic E-state index is 12.8. The minimum atomic E-state index is -0.781. The van der Waals surface area contributed by atoms with Crippen LogP contribution in [0.15, 0.2) is 36.4 Å². The van der Waals surface area contributed by atoms with Crippen molar-refractivity contribution in [2.24, 2.45) is 0 Å². The third kappa shape index (κ3) is 8.72. The lowest BCUT2D eigenvalue weighted by atomic mass is 10.1. The zero-order valence-corrected chi connectivity index (χ0v) is 20.8. The van der Waals surface area contributed by atoms with Gasteiger partial charge >= 0.3 is 23.9 Å². The van der Waals surface area contributed by atoms with E-state index in [2.05, 4.69) is 0 Å². The molecule has 0 atom stereocenters. The van der Waals surface area contributed by atoms with Crippen LogP contribution in [0.25, 0.3) is 0 Å². The van der Waals surface area contributed by atoms with Crippen LogP contribution in [0.3, 0.4) is 0 Å². The van der Waals surface area contributed by atoms with E-state index < -0.39 is 23.9 Å². The van der Waals surface area contributed by atoms with Gasteiger partial charge in [-0.1, -0.05) is 50.6 Å². The molecular formula is C26H29ClO8. The molecule has 0 aliphatic carbocycles. The molecule has 0 unspecified atom stereocenters. The predicted molar refractivity (Wildman–Crippen MR) is 129 cm³/mol. The molecular weight excluding hydrogens is 476 g/mol. The molecule has 0 heterocycles. The average molecular weight is 505 g/mol. The quantitative estimate of drug-likeness (QED) is 0.263. The summed E-state index contributed by atoms with van der Waals surface area (Å²) in [6.45, 7) is 5.28. The SMILES string of the molecule is CCCC(=O)Oc1cc(C(=O)OCc2ccccc2Cl)cc(OC(=O)CCC)c1OC(=O)CCC. The topological polar surface area (TPSA) is 105 Å². The minimum absolute atomic E-state index is 0.0639. The lowest BCUT2D eigenvalue weighted by Crippen LogP contribution is -2.16. The molecule has 0 spiro atoms. The number of hydrogen-bond acceptors (Lipinski definition) is 8. The molecule has 0 aromatic heterocycles. The Kier molecular flexibility index (Phi) is 11.2. The Morgan fingerprint density at radius 1 is 0.743 bits per heavy atom. The maximum Gasteiger partial charge on any atom is 0.338 e. The van der Waals surface area contributed by atoms with Crippen LogP contribution in [0, 0.1) is 0 Å². The smallest absolute Gasteiger partial charge is 0.338 e. The van der Waals surface area contributed by atoms with Crippen LogP contribution in [-0.4, -0.2) is 23.9 Å². The van der Waals surface area contributed by atoms with Crippen molar-refractivity contribution in [2.45, 2.75) is 65.9 Å². The summed E-state index contributed by atoms with van der Waals surface area (Å²) in [6.07, 6.45) is 1.82. The van der Waals surface area contributed by atoms with Crippen LogP contribution in [0.4, 0.5) is 0 Å². The molecule has 0 aliphatic rings. The van der Waals surface area contributed by atoms with E-state index in [-0.39, 0.29) is 48.7 Å². The summed E-state index contributed by atoms with van der Waals surface area (Å²) in [6, 6.07) is 9.32. The first-order valence-corrected chi connectivity index (χ1v) is 11.9. The van der Waals surface area contributed by atoms with E-state index in [9.17, 15) is 19.2 Å². The second-order valence-corrected chi connectivity index (χ2v) is 8.05. The van der Waals surface area contributed by atoms with Crippen LogP contribution < -0.4 is 14.2 Å². The van der Waals surface area contributed by atoms with E-state index >= 15 is 0 Å². The molecule has 0 saturated carbocycles. The van der Waals surface area contributed by atoms with Gasteiger partial charge < -0.3 is 18.9 Å². The molecule has 35 heavy (non-hydrogen) atoms. The Morgan fingerprint density at radius 2 is 1.23 bits per heavy atom. The number of hydrogen-bond donors (Lipinski definition) is 0.